The second-order valence-corrected chi connectivity index (χ2v) is 6.32. The fraction of sp³-hybridized carbons (Fsp3) is 0.556. The van der Waals surface area contributed by atoms with Crippen molar-refractivity contribution in [3.05, 3.63) is 35.9 Å². The molecular weight excluding hydrogens is 294 g/mol. The normalized spacial score (nSPS) is 16.9. The number of ether oxygens (including phenoxy) is 1. The van der Waals surface area contributed by atoms with Crippen molar-refractivity contribution in [2.75, 3.05) is 0 Å². The number of rotatable bonds is 8. The Kier molecular flexibility index (Phi) is 6.02. The lowest BCUT2D eigenvalue weighted by atomic mass is 9.61. The van der Waals surface area contributed by atoms with Crippen molar-refractivity contribution in [2.45, 2.75) is 58.1 Å². The van der Waals surface area contributed by atoms with Crippen LogP contribution in [0.25, 0.3) is 0 Å². The Balaban J connectivity index is 1.94. The van der Waals surface area contributed by atoms with Crippen LogP contribution in [0.15, 0.2) is 30.3 Å². The highest BCUT2D eigenvalue weighted by molar-refractivity contribution is 5.71. The topological polar surface area (TPSA) is 75.6 Å². The average Bonchev–Trinajstić information content (AvgIpc) is 2.49. The molecule has 2 N–H and O–H groups in total. The molecule has 1 aliphatic carbocycles. The van der Waals surface area contributed by atoms with Gasteiger partial charge in [-0.1, -0.05) is 50.1 Å². The summed E-state index contributed by atoms with van der Waals surface area (Å²) in [4.78, 5) is 23.2. The smallest absolute Gasteiger partial charge is 0.407 e. The van der Waals surface area contributed by atoms with Gasteiger partial charge in [0.15, 0.2) is 0 Å². The lowest BCUT2D eigenvalue weighted by molar-refractivity contribution is -0.139. The largest absolute Gasteiger partial charge is 0.481 e. The molecule has 1 aromatic rings. The lowest BCUT2D eigenvalue weighted by Crippen LogP contribution is -2.52. The van der Waals surface area contributed by atoms with Crippen LogP contribution in [0.3, 0.4) is 0 Å². The third kappa shape index (κ3) is 4.71. The summed E-state index contributed by atoms with van der Waals surface area (Å²) in [6.45, 7) is 2.28. The van der Waals surface area contributed by atoms with E-state index in [9.17, 15) is 9.59 Å². The van der Waals surface area contributed by atoms with Crippen LogP contribution >= 0.6 is 0 Å². The van der Waals surface area contributed by atoms with E-state index in [-0.39, 0.29) is 24.5 Å². The predicted molar refractivity (Wildman–Crippen MR) is 87.0 cm³/mol. The molecule has 23 heavy (non-hydrogen) atoms. The summed E-state index contributed by atoms with van der Waals surface area (Å²) in [5, 5.41) is 12.0. The zero-order valence-electron chi connectivity index (χ0n) is 13.6. The first-order valence-electron chi connectivity index (χ1n) is 8.25. The monoisotopic (exact) mass is 319 g/mol. The van der Waals surface area contributed by atoms with Crippen LogP contribution in [-0.4, -0.2) is 23.2 Å². The van der Waals surface area contributed by atoms with E-state index in [1.165, 1.54) is 0 Å². The molecule has 1 unspecified atom stereocenters. The summed E-state index contributed by atoms with van der Waals surface area (Å²) in [5.74, 6) is -0.888. The second kappa shape index (κ2) is 7.99. The van der Waals surface area contributed by atoms with Crippen LogP contribution < -0.4 is 5.32 Å². The number of nitrogens with one attached hydrogen (secondary N) is 1. The maximum atomic E-state index is 12.1. The van der Waals surface area contributed by atoms with Crippen LogP contribution in [0.4, 0.5) is 4.79 Å². The Morgan fingerprint density at radius 3 is 2.52 bits per heavy atom. The molecule has 0 radical (unpaired) electrons. The van der Waals surface area contributed by atoms with Crippen LogP contribution in [0, 0.1) is 5.41 Å². The highest BCUT2D eigenvalue weighted by Crippen LogP contribution is 2.48. The Bertz CT molecular complexity index is 525. The molecule has 0 aromatic heterocycles. The molecule has 126 valence electrons. The van der Waals surface area contributed by atoms with E-state index in [1.54, 1.807) is 0 Å². The molecule has 1 saturated carbocycles. The highest BCUT2D eigenvalue weighted by atomic mass is 16.5. The van der Waals surface area contributed by atoms with E-state index in [0.29, 0.717) is 0 Å². The van der Waals surface area contributed by atoms with Crippen molar-refractivity contribution >= 4 is 12.1 Å². The van der Waals surface area contributed by atoms with Crippen LogP contribution in [0.1, 0.15) is 51.0 Å². The van der Waals surface area contributed by atoms with Crippen LogP contribution in [-0.2, 0) is 16.1 Å². The standard InChI is InChI=1S/C18H25NO4/c1-2-9-18(10-6-11-18)15(12-16(20)21)19-17(22)23-13-14-7-4-3-5-8-14/h3-5,7-8,15H,2,6,9-13H2,1H3,(H,19,22)(H,20,21). The number of hydrogen-bond donors (Lipinski definition) is 2. The van der Waals surface area contributed by atoms with Crippen molar-refractivity contribution in [1.82, 2.24) is 5.32 Å². The lowest BCUT2D eigenvalue weighted by Gasteiger charge is -2.47. The Morgan fingerprint density at radius 2 is 2.00 bits per heavy atom. The van der Waals surface area contributed by atoms with Gasteiger partial charge in [-0.3, -0.25) is 4.79 Å². The Morgan fingerprint density at radius 1 is 1.30 bits per heavy atom. The maximum Gasteiger partial charge on any atom is 0.407 e. The molecule has 0 saturated heterocycles. The summed E-state index contributed by atoms with van der Waals surface area (Å²) in [7, 11) is 0. The molecule has 1 amide bonds. The molecule has 1 fully saturated rings. The second-order valence-electron chi connectivity index (χ2n) is 6.32. The highest BCUT2D eigenvalue weighted by Gasteiger charge is 2.44. The number of amides is 1. The molecule has 5 nitrogen and oxygen atoms in total. The van der Waals surface area contributed by atoms with Gasteiger partial charge in [0, 0.05) is 6.04 Å². The molecule has 0 spiro atoms. The number of alkyl carbamates (subject to hydrolysis) is 1. The van der Waals surface area contributed by atoms with E-state index >= 15 is 0 Å². The predicted octanol–water partition coefficient (Wildman–Crippen LogP) is 3.73. The number of carbonyl (C=O) groups excluding carboxylic acids is 1. The number of carbonyl (C=O) groups is 2. The third-order valence-electron chi connectivity index (χ3n) is 4.72. The van der Waals surface area contributed by atoms with Crippen molar-refractivity contribution in [3.63, 3.8) is 0 Å². The van der Waals surface area contributed by atoms with Gasteiger partial charge in [0.2, 0.25) is 0 Å². The Labute approximate surface area is 137 Å². The summed E-state index contributed by atoms with van der Waals surface area (Å²) >= 11 is 0. The minimum absolute atomic E-state index is 0.0551. The zero-order chi connectivity index (χ0) is 16.7. The molecule has 0 bridgehead atoms. The first kappa shape index (κ1) is 17.3. The summed E-state index contributed by atoms with van der Waals surface area (Å²) < 4.78 is 5.24. The molecule has 1 aliphatic rings. The van der Waals surface area contributed by atoms with Gasteiger partial charge in [-0.15, -0.1) is 0 Å². The van der Waals surface area contributed by atoms with Gasteiger partial charge in [-0.25, -0.2) is 4.79 Å². The summed E-state index contributed by atoms with van der Waals surface area (Å²) in [5.41, 5.74) is 0.822. The summed E-state index contributed by atoms with van der Waals surface area (Å²) in [6.07, 6.45) is 4.36. The number of carboxylic acids is 1. The quantitative estimate of drug-likeness (QED) is 0.765. The van der Waals surface area contributed by atoms with E-state index < -0.39 is 12.1 Å². The van der Waals surface area contributed by atoms with Crippen LogP contribution in [0.5, 0.6) is 0 Å². The van der Waals surface area contributed by atoms with E-state index in [1.807, 2.05) is 30.3 Å². The first-order chi connectivity index (χ1) is 11.1. The van der Waals surface area contributed by atoms with Gasteiger partial charge in [-0.2, -0.15) is 0 Å². The molecule has 0 aliphatic heterocycles. The third-order valence-corrected chi connectivity index (χ3v) is 4.72. The fourth-order valence-corrected chi connectivity index (χ4v) is 3.40. The zero-order valence-corrected chi connectivity index (χ0v) is 13.6. The van der Waals surface area contributed by atoms with Crippen molar-refractivity contribution < 1.29 is 19.4 Å². The van der Waals surface area contributed by atoms with Crippen molar-refractivity contribution in [1.29, 1.82) is 0 Å². The van der Waals surface area contributed by atoms with Gasteiger partial charge < -0.3 is 15.2 Å². The average molecular weight is 319 g/mol. The van der Waals surface area contributed by atoms with Crippen LogP contribution in [0.2, 0.25) is 0 Å². The number of carboxylic acid groups (broad SMARTS) is 1. The van der Waals surface area contributed by atoms with Gasteiger partial charge >= 0.3 is 12.1 Å². The van der Waals surface area contributed by atoms with E-state index in [2.05, 4.69) is 12.2 Å². The summed E-state index contributed by atoms with van der Waals surface area (Å²) in [6, 6.07) is 9.07. The van der Waals surface area contributed by atoms with Gasteiger partial charge in [0.25, 0.3) is 0 Å². The van der Waals surface area contributed by atoms with Gasteiger partial charge in [0.05, 0.1) is 6.42 Å². The molecule has 0 heterocycles. The first-order valence-corrected chi connectivity index (χ1v) is 8.25. The number of aliphatic carboxylic acids is 1. The minimum Gasteiger partial charge on any atom is -0.481 e. The fourth-order valence-electron chi connectivity index (χ4n) is 3.40. The molecule has 1 aromatic carbocycles. The number of benzene rings is 1. The molecule has 2 rings (SSSR count). The number of hydrogen-bond acceptors (Lipinski definition) is 3. The van der Waals surface area contributed by atoms with E-state index in [0.717, 1.165) is 37.7 Å². The van der Waals surface area contributed by atoms with Gasteiger partial charge in [0.1, 0.15) is 6.61 Å². The van der Waals surface area contributed by atoms with Crippen molar-refractivity contribution in [3.8, 4) is 0 Å². The minimum atomic E-state index is -0.888. The van der Waals surface area contributed by atoms with E-state index in [4.69, 9.17) is 9.84 Å². The van der Waals surface area contributed by atoms with Crippen molar-refractivity contribution in [2.24, 2.45) is 5.41 Å². The molecule has 5 heteroatoms. The maximum absolute atomic E-state index is 12.1. The Hall–Kier alpha value is -2.04. The molecule has 1 atom stereocenters. The SMILES string of the molecule is CCCC1(C(CC(=O)O)NC(=O)OCc2ccccc2)CCC1. The molecular formula is C18H25NO4. The van der Waals surface area contributed by atoms with Gasteiger partial charge in [-0.05, 0) is 30.2 Å².